The number of rotatable bonds is 2. The zero-order valence-electron chi connectivity index (χ0n) is 15.6. The maximum Gasteiger partial charge on any atom is 0.231 e. The molecule has 3 heteroatoms. The van der Waals surface area contributed by atoms with Gasteiger partial charge in [-0.05, 0) is 64.1 Å². The van der Waals surface area contributed by atoms with Crippen LogP contribution in [0, 0.1) is 0 Å². The van der Waals surface area contributed by atoms with Crippen LogP contribution in [0.2, 0.25) is 0 Å². The number of fused-ring (bicyclic) bond motifs is 4. The van der Waals surface area contributed by atoms with Gasteiger partial charge in [0.2, 0.25) is 5.89 Å². The van der Waals surface area contributed by atoms with Crippen LogP contribution in [0.5, 0.6) is 5.75 Å². The Hall–Kier alpha value is -3.85. The largest absolute Gasteiger partial charge is 0.507 e. The Morgan fingerprint density at radius 2 is 1.45 bits per heavy atom. The van der Waals surface area contributed by atoms with E-state index in [1.54, 1.807) is 6.07 Å². The summed E-state index contributed by atoms with van der Waals surface area (Å²) in [7, 11) is 0. The number of para-hydroxylation sites is 2. The standard InChI is InChI=1S/C26H17NO2/c28-24-12-10-17(15-22(24)26-27-23-7-3-4-8-25(23)29-26)16-9-11-21-19(13-16)14-18-5-1-2-6-20(18)21/h1-13,15,28H,14H2. The third-order valence-corrected chi connectivity index (χ3v) is 5.65. The van der Waals surface area contributed by atoms with Crippen molar-refractivity contribution in [1.29, 1.82) is 0 Å². The highest BCUT2D eigenvalue weighted by Crippen LogP contribution is 2.40. The molecule has 0 amide bonds. The third kappa shape index (κ3) is 2.55. The van der Waals surface area contributed by atoms with E-state index in [0.717, 1.165) is 23.1 Å². The van der Waals surface area contributed by atoms with Gasteiger partial charge in [0.15, 0.2) is 5.58 Å². The third-order valence-electron chi connectivity index (χ3n) is 5.65. The summed E-state index contributed by atoms with van der Waals surface area (Å²) in [5.41, 5.74) is 9.58. The predicted octanol–water partition coefficient (Wildman–Crippen LogP) is 6.44. The van der Waals surface area contributed by atoms with Gasteiger partial charge in [-0.15, -0.1) is 0 Å². The highest BCUT2D eigenvalue weighted by molar-refractivity contribution is 5.83. The minimum Gasteiger partial charge on any atom is -0.507 e. The minimum atomic E-state index is 0.161. The van der Waals surface area contributed by atoms with E-state index >= 15 is 0 Å². The quantitative estimate of drug-likeness (QED) is 0.379. The fourth-order valence-electron chi connectivity index (χ4n) is 4.20. The summed E-state index contributed by atoms with van der Waals surface area (Å²) in [6, 6.07) is 28.4. The Kier molecular flexibility index (Phi) is 3.38. The molecule has 138 valence electrons. The average Bonchev–Trinajstić information content (AvgIpc) is 3.34. The van der Waals surface area contributed by atoms with E-state index in [2.05, 4.69) is 47.4 Å². The van der Waals surface area contributed by atoms with Crippen molar-refractivity contribution in [3.63, 3.8) is 0 Å². The molecule has 0 saturated carbocycles. The van der Waals surface area contributed by atoms with Gasteiger partial charge in [-0.3, -0.25) is 0 Å². The molecule has 1 N–H and O–H groups in total. The van der Waals surface area contributed by atoms with Gasteiger partial charge < -0.3 is 9.52 Å². The first-order valence-corrected chi connectivity index (χ1v) is 9.67. The van der Waals surface area contributed by atoms with Crippen LogP contribution in [0.4, 0.5) is 0 Å². The molecule has 0 unspecified atom stereocenters. The van der Waals surface area contributed by atoms with Crippen LogP contribution in [-0.2, 0) is 6.42 Å². The van der Waals surface area contributed by atoms with Gasteiger partial charge >= 0.3 is 0 Å². The fraction of sp³-hybridized carbons (Fsp3) is 0.0385. The SMILES string of the molecule is Oc1ccc(-c2ccc3c(c2)Cc2ccccc2-3)cc1-c1nc2ccccc2o1. The number of hydrogen-bond acceptors (Lipinski definition) is 3. The van der Waals surface area contributed by atoms with Crippen molar-refractivity contribution in [1.82, 2.24) is 4.98 Å². The van der Waals surface area contributed by atoms with Gasteiger partial charge in [-0.2, -0.15) is 0 Å². The van der Waals surface area contributed by atoms with E-state index in [0.29, 0.717) is 17.0 Å². The van der Waals surface area contributed by atoms with Crippen LogP contribution >= 0.6 is 0 Å². The van der Waals surface area contributed by atoms with Gasteiger partial charge in [-0.1, -0.05) is 60.7 Å². The summed E-state index contributed by atoms with van der Waals surface area (Å²) in [5, 5.41) is 10.4. The van der Waals surface area contributed by atoms with Gasteiger partial charge in [0.1, 0.15) is 11.3 Å². The van der Waals surface area contributed by atoms with Crippen molar-refractivity contribution in [2.24, 2.45) is 0 Å². The molecule has 1 heterocycles. The molecule has 0 atom stereocenters. The van der Waals surface area contributed by atoms with Crippen molar-refractivity contribution >= 4 is 11.1 Å². The highest BCUT2D eigenvalue weighted by atomic mass is 16.3. The summed E-state index contributed by atoms with van der Waals surface area (Å²) in [5.74, 6) is 0.591. The van der Waals surface area contributed by atoms with Gasteiger partial charge in [0, 0.05) is 0 Å². The van der Waals surface area contributed by atoms with E-state index < -0.39 is 0 Å². The van der Waals surface area contributed by atoms with Crippen molar-refractivity contribution < 1.29 is 9.52 Å². The number of oxazole rings is 1. The van der Waals surface area contributed by atoms with E-state index in [-0.39, 0.29) is 5.75 Å². The summed E-state index contributed by atoms with van der Waals surface area (Å²) < 4.78 is 5.87. The normalized spacial score (nSPS) is 12.1. The van der Waals surface area contributed by atoms with E-state index in [1.807, 2.05) is 36.4 Å². The molecular weight excluding hydrogens is 358 g/mol. The molecule has 0 saturated heterocycles. The van der Waals surface area contributed by atoms with E-state index in [1.165, 1.54) is 22.3 Å². The molecule has 6 rings (SSSR count). The molecule has 29 heavy (non-hydrogen) atoms. The Morgan fingerprint density at radius 1 is 0.690 bits per heavy atom. The van der Waals surface area contributed by atoms with Gasteiger partial charge in [0.25, 0.3) is 0 Å². The molecule has 4 aromatic carbocycles. The number of nitrogens with zero attached hydrogens (tertiary/aromatic N) is 1. The molecule has 0 fully saturated rings. The lowest BCUT2D eigenvalue weighted by molar-refractivity contribution is 0.474. The first-order valence-electron chi connectivity index (χ1n) is 9.67. The van der Waals surface area contributed by atoms with Crippen molar-refractivity contribution in [3.05, 3.63) is 96.1 Å². The molecule has 0 spiro atoms. The molecule has 0 bridgehead atoms. The molecule has 1 aromatic heterocycles. The first-order chi connectivity index (χ1) is 14.3. The van der Waals surface area contributed by atoms with Crippen LogP contribution in [0.3, 0.4) is 0 Å². The monoisotopic (exact) mass is 375 g/mol. The van der Waals surface area contributed by atoms with Crippen LogP contribution in [0.25, 0.3) is 44.8 Å². The first kappa shape index (κ1) is 16.1. The summed E-state index contributed by atoms with van der Waals surface area (Å²) >= 11 is 0. The van der Waals surface area contributed by atoms with Gasteiger partial charge in [-0.25, -0.2) is 4.98 Å². The smallest absolute Gasteiger partial charge is 0.231 e. The van der Waals surface area contributed by atoms with Crippen molar-refractivity contribution in [2.45, 2.75) is 6.42 Å². The Bertz CT molecular complexity index is 1360. The lowest BCUT2D eigenvalue weighted by atomic mass is 9.97. The van der Waals surface area contributed by atoms with Crippen LogP contribution in [-0.4, -0.2) is 10.1 Å². The van der Waals surface area contributed by atoms with Crippen molar-refractivity contribution in [2.75, 3.05) is 0 Å². The summed E-state index contributed by atoms with van der Waals surface area (Å²) in [6.07, 6.45) is 0.954. The Morgan fingerprint density at radius 3 is 2.38 bits per heavy atom. The second-order valence-corrected chi connectivity index (χ2v) is 7.42. The Balaban J connectivity index is 1.44. The van der Waals surface area contributed by atoms with Crippen LogP contribution in [0.15, 0.2) is 89.3 Å². The number of phenolic OH excluding ortho intramolecular Hbond substituents is 1. The molecule has 1 aliphatic carbocycles. The summed E-state index contributed by atoms with van der Waals surface area (Å²) in [4.78, 5) is 4.54. The average molecular weight is 375 g/mol. The van der Waals surface area contributed by atoms with Crippen LogP contribution in [0.1, 0.15) is 11.1 Å². The molecule has 1 aliphatic rings. The molecular formula is C26H17NO2. The maximum absolute atomic E-state index is 10.4. The molecule has 3 nitrogen and oxygen atoms in total. The zero-order valence-corrected chi connectivity index (χ0v) is 15.6. The second kappa shape index (κ2) is 6.08. The van der Waals surface area contributed by atoms with Crippen LogP contribution < -0.4 is 0 Å². The van der Waals surface area contributed by atoms with Gasteiger partial charge in [0.05, 0.1) is 5.56 Å². The second-order valence-electron chi connectivity index (χ2n) is 7.42. The van der Waals surface area contributed by atoms with E-state index in [9.17, 15) is 5.11 Å². The zero-order chi connectivity index (χ0) is 19.4. The molecule has 0 radical (unpaired) electrons. The number of aromatic nitrogens is 1. The molecule has 5 aromatic rings. The maximum atomic E-state index is 10.4. The number of phenols is 1. The lowest BCUT2D eigenvalue weighted by Crippen LogP contribution is -1.86. The topological polar surface area (TPSA) is 46.3 Å². The van der Waals surface area contributed by atoms with Crippen molar-refractivity contribution in [3.8, 4) is 39.5 Å². The number of hydrogen-bond donors (Lipinski definition) is 1. The lowest BCUT2D eigenvalue weighted by Gasteiger charge is -2.08. The summed E-state index contributed by atoms with van der Waals surface area (Å²) in [6.45, 7) is 0. The minimum absolute atomic E-state index is 0.161. The molecule has 0 aliphatic heterocycles. The fourth-order valence-corrected chi connectivity index (χ4v) is 4.20. The predicted molar refractivity (Wildman–Crippen MR) is 115 cm³/mol. The van der Waals surface area contributed by atoms with E-state index in [4.69, 9.17) is 4.42 Å². The number of benzene rings is 4. The highest BCUT2D eigenvalue weighted by Gasteiger charge is 2.19. The number of aromatic hydroxyl groups is 1. The Labute approximate surface area is 167 Å².